The lowest BCUT2D eigenvalue weighted by Gasteiger charge is -2.31. The van der Waals surface area contributed by atoms with Gasteiger partial charge in [-0.25, -0.2) is 0 Å². The molecule has 0 aliphatic carbocycles. The molecule has 1 heterocycles. The summed E-state index contributed by atoms with van der Waals surface area (Å²) in [5.41, 5.74) is -0.586. The van der Waals surface area contributed by atoms with Crippen LogP contribution in [0.3, 0.4) is 0 Å². The first-order valence-corrected chi connectivity index (χ1v) is 6.53. The number of aliphatic hydroxyl groups is 1. The number of aliphatic hydroxyl groups excluding tert-OH is 1. The molecule has 3 heteroatoms. The first-order chi connectivity index (χ1) is 8.59. The summed E-state index contributed by atoms with van der Waals surface area (Å²) in [5.74, 6) is 8.11. The van der Waals surface area contributed by atoms with E-state index in [2.05, 4.69) is 17.8 Å². The van der Waals surface area contributed by atoms with Crippen molar-refractivity contribution in [2.45, 2.75) is 63.9 Å². The molecule has 0 bridgehead atoms. The van der Waals surface area contributed by atoms with Crippen molar-refractivity contribution in [1.82, 2.24) is 0 Å². The molecule has 1 fully saturated rings. The number of hydrogen-bond donors (Lipinski definition) is 1. The maximum absolute atomic E-state index is 9.51. The van der Waals surface area contributed by atoms with Gasteiger partial charge >= 0.3 is 0 Å². The minimum atomic E-state index is -0.781. The SMILES string of the molecule is C#CCC(O)C#CC(C)(CC)OC1CCCCO1. The van der Waals surface area contributed by atoms with Gasteiger partial charge in [0, 0.05) is 13.0 Å². The van der Waals surface area contributed by atoms with E-state index in [0.29, 0.717) is 0 Å². The van der Waals surface area contributed by atoms with Crippen LogP contribution in [0.2, 0.25) is 0 Å². The van der Waals surface area contributed by atoms with Gasteiger partial charge in [-0.15, -0.1) is 12.3 Å². The molecule has 0 aromatic rings. The maximum Gasteiger partial charge on any atom is 0.159 e. The van der Waals surface area contributed by atoms with Crippen molar-refractivity contribution in [3.05, 3.63) is 0 Å². The minimum absolute atomic E-state index is 0.178. The summed E-state index contributed by atoms with van der Waals surface area (Å²) < 4.78 is 11.4. The average Bonchev–Trinajstić information content (AvgIpc) is 2.38. The van der Waals surface area contributed by atoms with Crippen LogP contribution < -0.4 is 0 Å². The van der Waals surface area contributed by atoms with Gasteiger partial charge in [-0.1, -0.05) is 18.8 Å². The zero-order chi connectivity index (χ0) is 13.4. The second-order valence-electron chi connectivity index (χ2n) is 4.69. The van der Waals surface area contributed by atoms with Gasteiger partial charge in [0.25, 0.3) is 0 Å². The molecule has 18 heavy (non-hydrogen) atoms. The van der Waals surface area contributed by atoms with Gasteiger partial charge in [-0.2, -0.15) is 0 Å². The summed E-state index contributed by atoms with van der Waals surface area (Å²) in [6.07, 6.45) is 8.27. The predicted molar refractivity (Wildman–Crippen MR) is 70.6 cm³/mol. The second-order valence-corrected chi connectivity index (χ2v) is 4.69. The van der Waals surface area contributed by atoms with Crippen molar-refractivity contribution in [3.63, 3.8) is 0 Å². The van der Waals surface area contributed by atoms with Crippen molar-refractivity contribution >= 4 is 0 Å². The fraction of sp³-hybridized carbons (Fsp3) is 0.733. The van der Waals surface area contributed by atoms with E-state index in [-0.39, 0.29) is 12.7 Å². The highest BCUT2D eigenvalue weighted by molar-refractivity contribution is 5.17. The van der Waals surface area contributed by atoms with E-state index in [0.717, 1.165) is 32.3 Å². The molecule has 1 saturated heterocycles. The Balaban J connectivity index is 2.57. The Labute approximate surface area is 110 Å². The molecule has 0 saturated carbocycles. The smallest absolute Gasteiger partial charge is 0.159 e. The second kappa shape index (κ2) is 7.44. The molecular formula is C15H22O3. The van der Waals surface area contributed by atoms with Crippen molar-refractivity contribution in [3.8, 4) is 24.2 Å². The van der Waals surface area contributed by atoms with Crippen molar-refractivity contribution < 1.29 is 14.6 Å². The van der Waals surface area contributed by atoms with Gasteiger partial charge in [0.15, 0.2) is 6.29 Å². The van der Waals surface area contributed by atoms with Crippen LogP contribution in [0.15, 0.2) is 0 Å². The average molecular weight is 250 g/mol. The lowest BCUT2D eigenvalue weighted by atomic mass is 10.0. The van der Waals surface area contributed by atoms with Crippen LogP contribution in [0, 0.1) is 24.2 Å². The Morgan fingerprint density at radius 2 is 2.33 bits per heavy atom. The third kappa shape index (κ3) is 5.10. The van der Waals surface area contributed by atoms with Gasteiger partial charge in [-0.05, 0) is 32.6 Å². The minimum Gasteiger partial charge on any atom is -0.379 e. The third-order valence-corrected chi connectivity index (χ3v) is 3.02. The fourth-order valence-electron chi connectivity index (χ4n) is 1.69. The van der Waals surface area contributed by atoms with Gasteiger partial charge in [0.1, 0.15) is 11.7 Å². The lowest BCUT2D eigenvalue weighted by Crippen LogP contribution is -2.35. The first kappa shape index (κ1) is 15.1. The normalized spacial score (nSPS) is 24.2. The Hall–Kier alpha value is -1.00. The van der Waals surface area contributed by atoms with Crippen LogP contribution in [-0.4, -0.2) is 29.7 Å². The molecule has 0 spiro atoms. The zero-order valence-electron chi connectivity index (χ0n) is 11.2. The molecule has 3 unspecified atom stereocenters. The van der Waals surface area contributed by atoms with Crippen molar-refractivity contribution in [1.29, 1.82) is 0 Å². The summed E-state index contributed by atoms with van der Waals surface area (Å²) in [6, 6.07) is 0. The van der Waals surface area contributed by atoms with E-state index >= 15 is 0 Å². The summed E-state index contributed by atoms with van der Waals surface area (Å²) in [7, 11) is 0. The van der Waals surface area contributed by atoms with Crippen LogP contribution in [-0.2, 0) is 9.47 Å². The Morgan fingerprint density at radius 3 is 2.89 bits per heavy atom. The number of ether oxygens (including phenoxy) is 2. The van der Waals surface area contributed by atoms with Gasteiger partial charge in [-0.3, -0.25) is 0 Å². The number of hydrogen-bond acceptors (Lipinski definition) is 3. The van der Waals surface area contributed by atoms with E-state index < -0.39 is 11.7 Å². The fourth-order valence-corrected chi connectivity index (χ4v) is 1.69. The molecule has 1 N–H and O–H groups in total. The molecule has 0 aromatic heterocycles. The Morgan fingerprint density at radius 1 is 1.56 bits per heavy atom. The highest BCUT2D eigenvalue weighted by Gasteiger charge is 2.26. The van der Waals surface area contributed by atoms with Gasteiger partial charge in [0.05, 0.1) is 0 Å². The van der Waals surface area contributed by atoms with Crippen molar-refractivity contribution in [2.75, 3.05) is 6.61 Å². The molecule has 3 nitrogen and oxygen atoms in total. The summed E-state index contributed by atoms with van der Waals surface area (Å²) in [5, 5.41) is 9.51. The van der Waals surface area contributed by atoms with Crippen LogP contribution in [0.5, 0.6) is 0 Å². The van der Waals surface area contributed by atoms with Gasteiger partial charge in [0.2, 0.25) is 0 Å². The molecular weight excluding hydrogens is 228 g/mol. The molecule has 1 rings (SSSR count). The van der Waals surface area contributed by atoms with E-state index in [1.807, 2.05) is 13.8 Å². The molecule has 0 amide bonds. The maximum atomic E-state index is 9.51. The van der Waals surface area contributed by atoms with Crippen molar-refractivity contribution in [2.24, 2.45) is 0 Å². The highest BCUT2D eigenvalue weighted by atomic mass is 16.7. The number of rotatable bonds is 4. The zero-order valence-corrected chi connectivity index (χ0v) is 11.2. The monoisotopic (exact) mass is 250 g/mol. The van der Waals surface area contributed by atoms with Gasteiger partial charge < -0.3 is 14.6 Å². The first-order valence-electron chi connectivity index (χ1n) is 6.53. The molecule has 0 aromatic carbocycles. The van der Waals surface area contributed by atoms with E-state index in [1.165, 1.54) is 0 Å². The van der Waals surface area contributed by atoms with E-state index in [4.69, 9.17) is 15.9 Å². The van der Waals surface area contributed by atoms with Crippen LogP contribution in [0.1, 0.15) is 46.0 Å². The molecule has 100 valence electrons. The predicted octanol–water partition coefficient (Wildman–Crippen LogP) is 2.09. The standard InChI is InChI=1S/C15H22O3/c1-4-8-13(16)10-11-15(3,5-2)18-14-9-6-7-12-17-14/h1,13-14,16H,5-9,12H2,2-3H3. The lowest BCUT2D eigenvalue weighted by molar-refractivity contribution is -0.204. The highest BCUT2D eigenvalue weighted by Crippen LogP contribution is 2.22. The third-order valence-electron chi connectivity index (χ3n) is 3.02. The Kier molecular flexibility index (Phi) is 6.22. The molecule has 3 atom stereocenters. The quantitative estimate of drug-likeness (QED) is 0.776. The Bertz CT molecular complexity index is 341. The van der Waals surface area contributed by atoms with E-state index in [9.17, 15) is 5.11 Å². The van der Waals surface area contributed by atoms with Crippen LogP contribution >= 0.6 is 0 Å². The summed E-state index contributed by atoms with van der Waals surface area (Å²) in [6.45, 7) is 4.67. The van der Waals surface area contributed by atoms with Crippen LogP contribution in [0.4, 0.5) is 0 Å². The molecule has 0 radical (unpaired) electrons. The summed E-state index contributed by atoms with van der Waals surface area (Å²) >= 11 is 0. The number of terminal acetylenes is 1. The molecule has 1 aliphatic rings. The van der Waals surface area contributed by atoms with Crippen LogP contribution in [0.25, 0.3) is 0 Å². The summed E-state index contributed by atoms with van der Waals surface area (Å²) in [4.78, 5) is 0. The molecule has 1 aliphatic heterocycles. The topological polar surface area (TPSA) is 38.7 Å². The largest absolute Gasteiger partial charge is 0.379 e. The van der Waals surface area contributed by atoms with E-state index in [1.54, 1.807) is 0 Å².